The van der Waals surface area contributed by atoms with Gasteiger partial charge in [0.1, 0.15) is 11.5 Å². The van der Waals surface area contributed by atoms with Crippen molar-refractivity contribution < 1.29 is 9.18 Å². The highest BCUT2D eigenvalue weighted by atomic mass is 79.9. The summed E-state index contributed by atoms with van der Waals surface area (Å²) in [5.74, 6) is -0.321. The molecule has 1 aliphatic rings. The van der Waals surface area contributed by atoms with E-state index in [9.17, 15) is 9.18 Å². The molecular weight excluding hydrogens is 379 g/mol. The lowest BCUT2D eigenvalue weighted by molar-refractivity contribution is 0.0942. The van der Waals surface area contributed by atoms with Crippen LogP contribution in [0.4, 0.5) is 4.39 Å². The fourth-order valence-corrected chi connectivity index (χ4v) is 4.38. The van der Waals surface area contributed by atoms with Crippen molar-refractivity contribution in [1.82, 2.24) is 9.88 Å². The molecule has 0 atom stereocenters. The molecule has 0 radical (unpaired) electrons. The first-order valence-electron chi connectivity index (χ1n) is 7.43. The number of nitrogens with one attached hydrogen (secondary N) is 1. The number of thiophene rings is 1. The number of hydrogen-bond acceptors (Lipinski definition) is 2. The van der Waals surface area contributed by atoms with Crippen LogP contribution < -0.4 is 5.32 Å². The lowest BCUT2D eigenvalue weighted by atomic mass is 10.2. The molecule has 1 saturated carbocycles. The Morgan fingerprint density at radius 2 is 2.22 bits per heavy atom. The zero-order valence-electron chi connectivity index (χ0n) is 12.2. The summed E-state index contributed by atoms with van der Waals surface area (Å²) < 4.78 is 17.4. The molecule has 0 unspecified atom stereocenters. The van der Waals surface area contributed by atoms with Gasteiger partial charge in [-0.1, -0.05) is 12.1 Å². The Kier molecular flexibility index (Phi) is 3.73. The summed E-state index contributed by atoms with van der Waals surface area (Å²) in [6.07, 6.45) is 2.10. The molecule has 1 aliphatic carbocycles. The number of carbonyl (C=O) groups excluding carboxylic acids is 1. The molecule has 2 heterocycles. The number of amides is 1. The Labute approximate surface area is 145 Å². The average molecular weight is 393 g/mol. The van der Waals surface area contributed by atoms with Crippen molar-refractivity contribution in [2.24, 2.45) is 0 Å². The normalized spacial score (nSPS) is 14.3. The van der Waals surface area contributed by atoms with Crippen LogP contribution in [0.1, 0.15) is 28.9 Å². The maximum Gasteiger partial charge on any atom is 0.268 e. The quantitative estimate of drug-likeness (QED) is 0.694. The third-order valence-electron chi connectivity index (χ3n) is 3.95. The van der Waals surface area contributed by atoms with E-state index in [0.29, 0.717) is 18.3 Å². The predicted molar refractivity (Wildman–Crippen MR) is 93.5 cm³/mol. The minimum atomic E-state index is -0.265. The molecule has 0 bridgehead atoms. The highest BCUT2D eigenvalue weighted by molar-refractivity contribution is 9.10. The molecule has 0 spiro atoms. The fourth-order valence-electron chi connectivity index (χ4n) is 2.69. The van der Waals surface area contributed by atoms with Crippen molar-refractivity contribution in [3.63, 3.8) is 0 Å². The number of benzene rings is 1. The van der Waals surface area contributed by atoms with Gasteiger partial charge in [0, 0.05) is 18.0 Å². The summed E-state index contributed by atoms with van der Waals surface area (Å²) >= 11 is 5.15. The molecule has 6 heteroatoms. The Morgan fingerprint density at radius 3 is 2.96 bits per heavy atom. The number of aromatic nitrogens is 1. The van der Waals surface area contributed by atoms with E-state index in [-0.39, 0.29) is 11.7 Å². The molecule has 4 rings (SSSR count). The van der Waals surface area contributed by atoms with Crippen molar-refractivity contribution in [3.8, 4) is 0 Å². The van der Waals surface area contributed by atoms with Crippen LogP contribution in [0.3, 0.4) is 0 Å². The number of rotatable bonds is 4. The molecule has 3 aromatic rings. The number of nitrogens with zero attached hydrogens (tertiary/aromatic N) is 1. The van der Waals surface area contributed by atoms with Crippen LogP contribution in [0, 0.1) is 5.82 Å². The number of carbonyl (C=O) groups is 1. The van der Waals surface area contributed by atoms with Gasteiger partial charge < -0.3 is 9.88 Å². The first-order valence-corrected chi connectivity index (χ1v) is 9.10. The first-order chi connectivity index (χ1) is 11.1. The van der Waals surface area contributed by atoms with Gasteiger partial charge in [-0.2, -0.15) is 0 Å². The summed E-state index contributed by atoms with van der Waals surface area (Å²) in [6.45, 7) is 0.462. The number of halogens is 2. The maximum atomic E-state index is 13.5. The Bertz CT molecular complexity index is 897. The van der Waals surface area contributed by atoms with E-state index in [1.165, 1.54) is 12.1 Å². The Hall–Kier alpha value is -1.66. The monoisotopic (exact) mass is 392 g/mol. The third-order valence-corrected chi connectivity index (χ3v) is 5.78. The molecule has 1 N–H and O–H groups in total. The summed E-state index contributed by atoms with van der Waals surface area (Å²) in [5.41, 5.74) is 2.45. The zero-order valence-corrected chi connectivity index (χ0v) is 14.6. The second-order valence-electron chi connectivity index (χ2n) is 5.79. The molecule has 1 amide bonds. The van der Waals surface area contributed by atoms with Gasteiger partial charge in [-0.25, -0.2) is 4.39 Å². The first kappa shape index (κ1) is 14.9. The van der Waals surface area contributed by atoms with Crippen LogP contribution in [0.5, 0.6) is 0 Å². The van der Waals surface area contributed by atoms with Gasteiger partial charge in [0.25, 0.3) is 5.91 Å². The number of fused-ring (bicyclic) bond motifs is 1. The van der Waals surface area contributed by atoms with Gasteiger partial charge in [0.15, 0.2) is 0 Å². The van der Waals surface area contributed by atoms with Crippen LogP contribution in [0.15, 0.2) is 40.2 Å². The van der Waals surface area contributed by atoms with Crippen LogP contribution in [-0.2, 0) is 6.54 Å². The van der Waals surface area contributed by atoms with Gasteiger partial charge in [-0.05, 0) is 52.5 Å². The Morgan fingerprint density at radius 1 is 1.39 bits per heavy atom. The molecule has 2 aromatic heterocycles. The summed E-state index contributed by atoms with van der Waals surface area (Å²) in [4.78, 5) is 12.5. The predicted octanol–water partition coefficient (Wildman–Crippen LogP) is 4.54. The highest BCUT2D eigenvalue weighted by Crippen LogP contribution is 2.34. The van der Waals surface area contributed by atoms with E-state index in [1.54, 1.807) is 17.4 Å². The summed E-state index contributed by atoms with van der Waals surface area (Å²) in [7, 11) is 0. The maximum absolute atomic E-state index is 13.5. The zero-order chi connectivity index (χ0) is 16.0. The van der Waals surface area contributed by atoms with Crippen LogP contribution >= 0.6 is 27.3 Å². The fraction of sp³-hybridized carbons (Fsp3) is 0.235. The van der Waals surface area contributed by atoms with Gasteiger partial charge >= 0.3 is 0 Å². The van der Waals surface area contributed by atoms with Crippen molar-refractivity contribution in [3.05, 3.63) is 57.3 Å². The van der Waals surface area contributed by atoms with Crippen molar-refractivity contribution in [2.45, 2.75) is 25.4 Å². The van der Waals surface area contributed by atoms with E-state index in [4.69, 9.17) is 0 Å². The Balaban J connectivity index is 1.77. The highest BCUT2D eigenvalue weighted by Gasteiger charge is 2.26. The second-order valence-corrected chi connectivity index (χ2v) is 7.56. The minimum absolute atomic E-state index is 0.0563. The van der Waals surface area contributed by atoms with Crippen LogP contribution in [-0.4, -0.2) is 16.5 Å². The summed E-state index contributed by atoms with van der Waals surface area (Å²) in [6, 6.07) is 8.73. The van der Waals surface area contributed by atoms with E-state index in [0.717, 1.165) is 33.1 Å². The van der Waals surface area contributed by atoms with E-state index in [2.05, 4.69) is 21.2 Å². The molecule has 0 saturated heterocycles. The SMILES string of the molecule is O=C(NC1CC1)c1cc2scc(Br)c2n1Cc1cccc(F)c1. The topological polar surface area (TPSA) is 34.0 Å². The lowest BCUT2D eigenvalue weighted by Gasteiger charge is -2.11. The molecule has 118 valence electrons. The van der Waals surface area contributed by atoms with Crippen molar-refractivity contribution in [1.29, 1.82) is 0 Å². The van der Waals surface area contributed by atoms with Crippen molar-refractivity contribution in [2.75, 3.05) is 0 Å². The molecule has 1 fully saturated rings. The van der Waals surface area contributed by atoms with Gasteiger partial charge in [-0.15, -0.1) is 11.3 Å². The largest absolute Gasteiger partial charge is 0.348 e. The van der Waals surface area contributed by atoms with Crippen molar-refractivity contribution >= 4 is 43.4 Å². The third kappa shape index (κ3) is 2.93. The van der Waals surface area contributed by atoms with E-state index in [1.807, 2.05) is 22.1 Å². The molecular formula is C17H14BrFN2OS. The smallest absolute Gasteiger partial charge is 0.268 e. The number of hydrogen-bond donors (Lipinski definition) is 1. The van der Waals surface area contributed by atoms with Gasteiger partial charge in [0.2, 0.25) is 0 Å². The lowest BCUT2D eigenvalue weighted by Crippen LogP contribution is -2.27. The minimum Gasteiger partial charge on any atom is -0.348 e. The second kappa shape index (κ2) is 5.76. The molecule has 3 nitrogen and oxygen atoms in total. The summed E-state index contributed by atoms with van der Waals surface area (Å²) in [5, 5.41) is 5.04. The standard InChI is InChI=1S/C17H14BrFN2OS/c18-13-9-23-15-7-14(17(22)20-12-4-5-12)21(16(13)15)8-10-2-1-3-11(19)6-10/h1-3,6-7,9,12H,4-5,8H2,(H,20,22). The van der Waals surface area contributed by atoms with E-state index >= 15 is 0 Å². The van der Waals surface area contributed by atoms with Crippen LogP contribution in [0.2, 0.25) is 0 Å². The van der Waals surface area contributed by atoms with Gasteiger partial charge in [0.05, 0.1) is 14.7 Å². The van der Waals surface area contributed by atoms with E-state index < -0.39 is 0 Å². The van der Waals surface area contributed by atoms with Crippen LogP contribution in [0.25, 0.3) is 10.2 Å². The molecule has 0 aliphatic heterocycles. The molecule has 1 aromatic carbocycles. The molecule has 23 heavy (non-hydrogen) atoms. The van der Waals surface area contributed by atoms with Gasteiger partial charge in [-0.3, -0.25) is 4.79 Å². The average Bonchev–Trinajstić information content (AvgIpc) is 3.14.